The molecule has 9 heteroatoms. The summed E-state index contributed by atoms with van der Waals surface area (Å²) in [5, 5.41) is 3.19. The summed E-state index contributed by atoms with van der Waals surface area (Å²) in [6.45, 7) is 2.00. The molecule has 0 radical (unpaired) electrons. The molecule has 2 aromatic heterocycles. The molecule has 6 rings (SSSR count). The third-order valence-electron chi connectivity index (χ3n) is 10.1. The summed E-state index contributed by atoms with van der Waals surface area (Å²) in [5.74, 6) is 2.65. The zero-order chi connectivity index (χ0) is 32.0. The number of Topliss-reactive ketones (excluding diaryl/α,β-unsaturated/α-hetero) is 2. The molecule has 242 valence electrons. The zero-order valence-corrected chi connectivity index (χ0v) is 27.2. The van der Waals surface area contributed by atoms with Crippen LogP contribution in [0.1, 0.15) is 89.8 Å². The molecule has 2 atom stereocenters. The maximum atomic E-state index is 14.4. The first-order chi connectivity index (χ1) is 22.4. The zero-order valence-electron chi connectivity index (χ0n) is 26.4. The molecule has 3 heterocycles. The first-order valence-corrected chi connectivity index (χ1v) is 17.8. The van der Waals surface area contributed by atoms with E-state index in [4.69, 9.17) is 4.74 Å². The van der Waals surface area contributed by atoms with Crippen molar-refractivity contribution in [3.8, 4) is 11.6 Å². The van der Waals surface area contributed by atoms with Crippen LogP contribution in [-0.4, -0.2) is 45.0 Å². The van der Waals surface area contributed by atoms with Crippen LogP contribution in [0.15, 0.2) is 54.9 Å². The molecule has 1 aromatic carbocycles. The van der Waals surface area contributed by atoms with E-state index >= 15 is 0 Å². The number of amides is 1. The molecule has 1 amide bonds. The molecule has 3 aromatic rings. The van der Waals surface area contributed by atoms with Crippen LogP contribution in [0.3, 0.4) is 0 Å². The lowest BCUT2D eigenvalue weighted by molar-refractivity contribution is -0.131. The number of hydrogen-bond acceptors (Lipinski definition) is 7. The van der Waals surface area contributed by atoms with E-state index < -0.39 is 5.82 Å². The average molecular weight is 644 g/mol. The fourth-order valence-electron chi connectivity index (χ4n) is 7.53. The van der Waals surface area contributed by atoms with Crippen LogP contribution in [0.2, 0.25) is 0 Å². The largest absolute Gasteiger partial charge is 0.438 e. The van der Waals surface area contributed by atoms with Crippen LogP contribution < -0.4 is 10.1 Å². The summed E-state index contributed by atoms with van der Waals surface area (Å²) < 4.78 is 20.1. The fraction of sp³-hybridized carbons (Fsp3) is 0.486. The predicted molar refractivity (Wildman–Crippen MR) is 177 cm³/mol. The molecule has 2 fully saturated rings. The van der Waals surface area contributed by atoms with Gasteiger partial charge in [0.15, 0.2) is 5.78 Å². The van der Waals surface area contributed by atoms with Gasteiger partial charge in [-0.3, -0.25) is 19.4 Å². The van der Waals surface area contributed by atoms with Crippen molar-refractivity contribution in [1.29, 1.82) is 0 Å². The molecule has 2 unspecified atom stereocenters. The van der Waals surface area contributed by atoms with Gasteiger partial charge in [-0.25, -0.2) is 9.37 Å². The molecule has 1 aliphatic heterocycles. The molecular formula is C37H42FN3O4S. The van der Waals surface area contributed by atoms with E-state index in [0.717, 1.165) is 55.6 Å². The van der Waals surface area contributed by atoms with Gasteiger partial charge in [-0.05, 0) is 118 Å². The predicted octanol–water partition coefficient (Wildman–Crippen LogP) is 7.56. The molecule has 7 nitrogen and oxygen atoms in total. The number of nitrogens with zero attached hydrogens (tertiary/aromatic N) is 2. The van der Waals surface area contributed by atoms with Crippen molar-refractivity contribution < 1.29 is 23.5 Å². The van der Waals surface area contributed by atoms with Crippen molar-refractivity contribution in [2.75, 3.05) is 11.5 Å². The Balaban J connectivity index is 1.13. The van der Waals surface area contributed by atoms with Gasteiger partial charge in [0.05, 0.1) is 11.9 Å². The third kappa shape index (κ3) is 7.68. The lowest BCUT2D eigenvalue weighted by Gasteiger charge is -2.38. The number of ether oxygens (including phenoxy) is 1. The monoisotopic (exact) mass is 643 g/mol. The SMILES string of the molecule is Cc1ccc(Oc2ncccc2C(=O)NC2CCC(C3CCC(=O)c4cc(F)cnc4CCC(C4CCSCC4)C3=O)CC2)cc1. The number of nitrogens with one attached hydrogen (secondary N) is 1. The lowest BCUT2D eigenvalue weighted by Crippen LogP contribution is -2.41. The number of aryl methyl sites for hydroxylation is 2. The number of halogens is 1. The van der Waals surface area contributed by atoms with Crippen LogP contribution in [0.5, 0.6) is 11.6 Å². The number of carbonyl (C=O) groups is 3. The van der Waals surface area contributed by atoms with Gasteiger partial charge in [-0.15, -0.1) is 0 Å². The number of aromatic nitrogens is 2. The lowest BCUT2D eigenvalue weighted by atomic mass is 9.68. The highest BCUT2D eigenvalue weighted by Gasteiger charge is 2.40. The molecule has 0 spiro atoms. The van der Waals surface area contributed by atoms with Crippen molar-refractivity contribution in [2.45, 2.75) is 77.2 Å². The topological polar surface area (TPSA) is 98.2 Å². The second-order valence-electron chi connectivity index (χ2n) is 13.1. The summed E-state index contributed by atoms with van der Waals surface area (Å²) in [4.78, 5) is 49.7. The molecule has 0 bridgehead atoms. The molecule has 46 heavy (non-hydrogen) atoms. The van der Waals surface area contributed by atoms with E-state index in [1.54, 1.807) is 18.3 Å². The standard InChI is InChI=1S/C37H42FN3O4S/c1-23-4-10-28(11-5-23)45-37-31(3-2-18-39-37)36(44)41-27-8-6-24(7-9-27)30-13-15-34(42)32-21-26(38)22-40-33(32)14-12-29(35(30)43)25-16-19-46-20-17-25/h2-5,10-11,18,21-22,24-25,27,29-30H,6-9,12-17,19-20H2,1H3,(H,41,44). The minimum atomic E-state index is -0.502. The van der Waals surface area contributed by atoms with Gasteiger partial charge in [-0.2, -0.15) is 11.8 Å². The van der Waals surface area contributed by atoms with Crippen molar-refractivity contribution in [2.24, 2.45) is 23.7 Å². The Bertz CT molecular complexity index is 1550. The number of hydrogen-bond donors (Lipinski definition) is 1. The smallest absolute Gasteiger partial charge is 0.257 e. The Morgan fingerprint density at radius 2 is 1.59 bits per heavy atom. The van der Waals surface area contributed by atoms with Gasteiger partial charge in [0.25, 0.3) is 5.91 Å². The van der Waals surface area contributed by atoms with E-state index in [1.807, 2.05) is 43.0 Å². The van der Waals surface area contributed by atoms with Crippen molar-refractivity contribution in [1.82, 2.24) is 15.3 Å². The van der Waals surface area contributed by atoms with Gasteiger partial charge >= 0.3 is 0 Å². The van der Waals surface area contributed by atoms with Crippen molar-refractivity contribution in [3.63, 3.8) is 0 Å². The second kappa shape index (κ2) is 14.9. The number of rotatable bonds is 6. The maximum absolute atomic E-state index is 14.4. The summed E-state index contributed by atoms with van der Waals surface area (Å²) in [6, 6.07) is 12.3. The van der Waals surface area contributed by atoms with Crippen molar-refractivity contribution >= 4 is 29.2 Å². The molecule has 1 saturated heterocycles. The number of pyridine rings is 2. The average Bonchev–Trinajstić information content (AvgIpc) is 3.07. The molecule has 3 aliphatic rings. The van der Waals surface area contributed by atoms with E-state index in [-0.39, 0.29) is 47.8 Å². The van der Waals surface area contributed by atoms with Gasteiger partial charge in [0, 0.05) is 36.1 Å². The highest BCUT2D eigenvalue weighted by molar-refractivity contribution is 7.99. The Labute approximate surface area is 274 Å². The second-order valence-corrected chi connectivity index (χ2v) is 14.3. The number of carbonyl (C=O) groups excluding carboxylic acids is 3. The van der Waals surface area contributed by atoms with Gasteiger partial charge < -0.3 is 10.1 Å². The van der Waals surface area contributed by atoms with Gasteiger partial charge in [0.2, 0.25) is 5.88 Å². The van der Waals surface area contributed by atoms with Gasteiger partial charge in [-0.1, -0.05) is 17.7 Å². The van der Waals surface area contributed by atoms with Gasteiger partial charge in [0.1, 0.15) is 22.9 Å². The van der Waals surface area contributed by atoms with Crippen LogP contribution in [-0.2, 0) is 11.2 Å². The molecule has 1 saturated carbocycles. The highest BCUT2D eigenvalue weighted by Crippen LogP contribution is 2.41. The van der Waals surface area contributed by atoms with Crippen LogP contribution in [0.4, 0.5) is 4.39 Å². The highest BCUT2D eigenvalue weighted by atomic mass is 32.2. The van der Waals surface area contributed by atoms with E-state index in [2.05, 4.69) is 15.3 Å². The van der Waals surface area contributed by atoms with Crippen LogP contribution in [0.25, 0.3) is 0 Å². The molecule has 2 aliphatic carbocycles. The first kappa shape index (κ1) is 32.4. The first-order valence-electron chi connectivity index (χ1n) is 16.6. The minimum absolute atomic E-state index is 0.0282. The normalized spacial score (nSPS) is 24.6. The van der Waals surface area contributed by atoms with Crippen LogP contribution in [0, 0.1) is 36.4 Å². The molecule has 1 N–H and O–H groups in total. The Kier molecular flexibility index (Phi) is 10.5. The number of benzene rings is 1. The maximum Gasteiger partial charge on any atom is 0.257 e. The summed E-state index contributed by atoms with van der Waals surface area (Å²) in [6.07, 6.45) is 9.80. The Morgan fingerprint density at radius 3 is 2.33 bits per heavy atom. The quantitative estimate of drug-likeness (QED) is 0.296. The summed E-state index contributed by atoms with van der Waals surface area (Å²) >= 11 is 1.95. The van der Waals surface area contributed by atoms with E-state index in [9.17, 15) is 18.8 Å². The number of fused-ring (bicyclic) bond motifs is 1. The third-order valence-corrected chi connectivity index (χ3v) is 11.2. The fourth-order valence-corrected chi connectivity index (χ4v) is 8.67. The Morgan fingerprint density at radius 1 is 0.891 bits per heavy atom. The molecular weight excluding hydrogens is 601 g/mol. The minimum Gasteiger partial charge on any atom is -0.438 e. The number of thioether (sulfide) groups is 1. The Hall–Kier alpha value is -3.59. The van der Waals surface area contributed by atoms with E-state index in [0.29, 0.717) is 53.5 Å². The summed E-state index contributed by atoms with van der Waals surface area (Å²) in [7, 11) is 0. The summed E-state index contributed by atoms with van der Waals surface area (Å²) in [5.41, 5.74) is 2.48. The van der Waals surface area contributed by atoms with E-state index in [1.165, 1.54) is 12.3 Å². The van der Waals surface area contributed by atoms with Crippen LogP contribution >= 0.6 is 11.8 Å². The van der Waals surface area contributed by atoms with Crippen molar-refractivity contribution in [3.05, 3.63) is 83.1 Å². The number of ketones is 2.